The number of carbonyl (C=O) groups excluding carboxylic acids is 4. The second kappa shape index (κ2) is 7.40. The molecule has 0 spiro atoms. The van der Waals surface area contributed by atoms with E-state index >= 15 is 0 Å². The number of rotatable bonds is 5. The Kier molecular flexibility index (Phi) is 4.77. The summed E-state index contributed by atoms with van der Waals surface area (Å²) in [7, 11) is 0. The number of hydrogen-bond acceptors (Lipinski definition) is 8. The van der Waals surface area contributed by atoms with Crippen LogP contribution in [-0.2, 0) is 22.7 Å². The van der Waals surface area contributed by atoms with Gasteiger partial charge in [-0.15, -0.1) is 0 Å². The van der Waals surface area contributed by atoms with Gasteiger partial charge in [-0.1, -0.05) is 12.1 Å². The Bertz CT molecular complexity index is 1040. The lowest BCUT2D eigenvalue weighted by Crippen LogP contribution is -2.54. The number of nitrogens with one attached hydrogen (secondary N) is 2. The van der Waals surface area contributed by atoms with E-state index in [0.29, 0.717) is 17.2 Å². The molecule has 1 aromatic carbocycles. The molecule has 4 N–H and O–H groups in total. The van der Waals surface area contributed by atoms with Gasteiger partial charge in [0.1, 0.15) is 17.7 Å². The summed E-state index contributed by atoms with van der Waals surface area (Å²) in [5.74, 6) is -1.10. The number of nitrogens with two attached hydrogens (primary N) is 1. The predicted molar refractivity (Wildman–Crippen MR) is 100 cm³/mol. The fourth-order valence-corrected chi connectivity index (χ4v) is 3.51. The van der Waals surface area contributed by atoms with E-state index in [4.69, 9.17) is 5.73 Å². The van der Waals surface area contributed by atoms with Crippen molar-refractivity contribution >= 4 is 29.4 Å². The van der Waals surface area contributed by atoms with Crippen LogP contribution in [0, 0.1) is 0 Å². The van der Waals surface area contributed by atoms with Gasteiger partial charge in [-0.2, -0.15) is 0 Å². The number of hydrogen-bond donors (Lipinski definition) is 3. The van der Waals surface area contributed by atoms with Crippen molar-refractivity contribution in [1.29, 1.82) is 0 Å². The van der Waals surface area contributed by atoms with Crippen LogP contribution in [0.15, 0.2) is 30.5 Å². The Morgan fingerprint density at radius 1 is 1.17 bits per heavy atom. The third-order valence-corrected chi connectivity index (χ3v) is 4.90. The molecule has 4 rings (SSSR count). The van der Waals surface area contributed by atoms with Crippen LogP contribution in [0.4, 0.5) is 5.82 Å². The summed E-state index contributed by atoms with van der Waals surface area (Å²) >= 11 is 0. The Hall–Kier alpha value is -3.66. The second-order valence-corrected chi connectivity index (χ2v) is 6.70. The third-order valence-electron chi connectivity index (χ3n) is 4.90. The van der Waals surface area contributed by atoms with E-state index in [-0.39, 0.29) is 37.1 Å². The first-order valence-electron chi connectivity index (χ1n) is 9.09. The molecule has 0 aliphatic carbocycles. The van der Waals surface area contributed by atoms with Gasteiger partial charge in [0.15, 0.2) is 0 Å². The lowest BCUT2D eigenvalue weighted by molar-refractivity contribution is -0.136. The second-order valence-electron chi connectivity index (χ2n) is 6.70. The van der Waals surface area contributed by atoms with Crippen molar-refractivity contribution in [2.45, 2.75) is 32.0 Å². The first-order chi connectivity index (χ1) is 14.0. The molecule has 2 aliphatic heterocycles. The smallest absolute Gasteiger partial charge is 0.262 e. The monoisotopic (exact) mass is 394 g/mol. The molecular weight excluding hydrogens is 376 g/mol. The fraction of sp³-hybridized carbons (Fsp3) is 0.263. The lowest BCUT2D eigenvalue weighted by atomic mass is 10.0. The summed E-state index contributed by atoms with van der Waals surface area (Å²) in [5, 5.41) is 5.28. The van der Waals surface area contributed by atoms with Gasteiger partial charge in [0, 0.05) is 19.2 Å². The average molecular weight is 394 g/mol. The number of benzene rings is 1. The van der Waals surface area contributed by atoms with Gasteiger partial charge in [-0.3, -0.25) is 29.4 Å². The van der Waals surface area contributed by atoms with Crippen LogP contribution in [0.1, 0.15) is 44.9 Å². The number of amides is 4. The number of fused-ring (bicyclic) bond motifs is 1. The van der Waals surface area contributed by atoms with Gasteiger partial charge in [-0.25, -0.2) is 9.97 Å². The van der Waals surface area contributed by atoms with Gasteiger partial charge in [-0.05, 0) is 24.1 Å². The highest BCUT2D eigenvalue weighted by Gasteiger charge is 2.45. The van der Waals surface area contributed by atoms with Gasteiger partial charge >= 0.3 is 0 Å². The molecule has 10 nitrogen and oxygen atoms in total. The molecular formula is C19H18N6O4. The summed E-state index contributed by atoms with van der Waals surface area (Å²) in [4.78, 5) is 58.6. The van der Waals surface area contributed by atoms with Gasteiger partial charge in [0.05, 0.1) is 17.7 Å². The highest BCUT2D eigenvalue weighted by atomic mass is 16.2. The maximum Gasteiger partial charge on any atom is 0.262 e. The average Bonchev–Trinajstić information content (AvgIpc) is 2.98. The molecule has 1 aromatic heterocycles. The largest absolute Gasteiger partial charge is 0.366 e. The van der Waals surface area contributed by atoms with Crippen molar-refractivity contribution in [1.82, 2.24) is 20.2 Å². The standard InChI is InChI=1S/C19H18N6O4/c20-8-14-21-7-6-13(23-14)22-9-10-2-1-3-11-16(10)19(29)25(18(11)28)12-4-5-15(26)24-17(12)27/h1-3,6-7,12H,4-5,8-9,20H2,(H,21,22,23)(H,24,26,27). The van der Waals surface area contributed by atoms with Crippen LogP contribution >= 0.6 is 0 Å². The Morgan fingerprint density at radius 3 is 2.76 bits per heavy atom. The van der Waals surface area contributed by atoms with Crippen LogP contribution < -0.4 is 16.4 Å². The van der Waals surface area contributed by atoms with E-state index in [1.165, 1.54) is 0 Å². The van der Waals surface area contributed by atoms with Crippen LogP contribution in [0.2, 0.25) is 0 Å². The number of aromatic nitrogens is 2. The molecule has 29 heavy (non-hydrogen) atoms. The molecule has 2 aromatic rings. The number of anilines is 1. The Balaban J connectivity index is 1.59. The molecule has 1 unspecified atom stereocenters. The molecule has 148 valence electrons. The molecule has 10 heteroatoms. The molecule has 0 bridgehead atoms. The summed E-state index contributed by atoms with van der Waals surface area (Å²) in [6.07, 6.45) is 1.77. The minimum absolute atomic E-state index is 0.0788. The van der Waals surface area contributed by atoms with Crippen LogP contribution in [0.3, 0.4) is 0 Å². The molecule has 0 saturated carbocycles. The number of nitrogens with zero attached hydrogens (tertiary/aromatic N) is 3. The van der Waals surface area contributed by atoms with Crippen molar-refractivity contribution in [3.05, 3.63) is 53.0 Å². The number of imide groups is 2. The molecule has 3 heterocycles. The van der Waals surface area contributed by atoms with Crippen molar-refractivity contribution in [3.8, 4) is 0 Å². The van der Waals surface area contributed by atoms with E-state index in [1.807, 2.05) is 0 Å². The van der Waals surface area contributed by atoms with E-state index in [2.05, 4.69) is 20.6 Å². The Labute approximate surface area is 165 Å². The van der Waals surface area contributed by atoms with Crippen LogP contribution in [0.25, 0.3) is 0 Å². The van der Waals surface area contributed by atoms with Crippen molar-refractivity contribution < 1.29 is 19.2 Å². The summed E-state index contributed by atoms with van der Waals surface area (Å²) < 4.78 is 0. The molecule has 2 aliphatic rings. The maximum atomic E-state index is 13.0. The molecule has 0 radical (unpaired) electrons. The molecule has 1 saturated heterocycles. The quantitative estimate of drug-likeness (QED) is 0.598. The highest BCUT2D eigenvalue weighted by Crippen LogP contribution is 2.30. The molecule has 4 amide bonds. The topological polar surface area (TPSA) is 147 Å². The zero-order valence-electron chi connectivity index (χ0n) is 15.3. The zero-order chi connectivity index (χ0) is 20.5. The maximum absolute atomic E-state index is 13.0. The zero-order valence-corrected chi connectivity index (χ0v) is 15.3. The lowest BCUT2D eigenvalue weighted by Gasteiger charge is -2.27. The summed E-state index contributed by atoms with van der Waals surface area (Å²) in [5.41, 5.74) is 6.64. The molecule has 1 fully saturated rings. The minimum Gasteiger partial charge on any atom is -0.366 e. The summed E-state index contributed by atoms with van der Waals surface area (Å²) in [6, 6.07) is 5.65. The van der Waals surface area contributed by atoms with Crippen molar-refractivity contribution in [2.75, 3.05) is 5.32 Å². The summed E-state index contributed by atoms with van der Waals surface area (Å²) in [6.45, 7) is 0.441. The third kappa shape index (κ3) is 3.34. The SMILES string of the molecule is NCc1nccc(NCc2cccc3c2C(=O)N(C2CCC(=O)NC2=O)C3=O)n1. The van der Waals surface area contributed by atoms with E-state index in [1.54, 1.807) is 30.5 Å². The van der Waals surface area contributed by atoms with E-state index < -0.39 is 29.7 Å². The Morgan fingerprint density at radius 2 is 2.00 bits per heavy atom. The predicted octanol–water partition coefficient (Wildman–Crippen LogP) is -0.0514. The first kappa shape index (κ1) is 18.7. The highest BCUT2D eigenvalue weighted by molar-refractivity contribution is 6.24. The molecule has 1 atom stereocenters. The van der Waals surface area contributed by atoms with Gasteiger partial charge in [0.2, 0.25) is 11.8 Å². The van der Waals surface area contributed by atoms with Crippen molar-refractivity contribution in [2.24, 2.45) is 5.73 Å². The van der Waals surface area contributed by atoms with E-state index in [9.17, 15) is 19.2 Å². The number of carbonyl (C=O) groups is 4. The first-order valence-corrected chi connectivity index (χ1v) is 9.09. The van der Waals surface area contributed by atoms with E-state index in [0.717, 1.165) is 4.90 Å². The number of piperidine rings is 1. The fourth-order valence-electron chi connectivity index (χ4n) is 3.51. The van der Waals surface area contributed by atoms with Gasteiger partial charge in [0.25, 0.3) is 11.8 Å². The minimum atomic E-state index is -0.991. The normalized spacial score (nSPS) is 18.7. The van der Waals surface area contributed by atoms with Crippen LogP contribution in [0.5, 0.6) is 0 Å². The van der Waals surface area contributed by atoms with Crippen LogP contribution in [-0.4, -0.2) is 44.5 Å². The van der Waals surface area contributed by atoms with Crippen molar-refractivity contribution in [3.63, 3.8) is 0 Å². The van der Waals surface area contributed by atoms with Gasteiger partial charge < -0.3 is 11.1 Å².